The highest BCUT2D eigenvalue weighted by Crippen LogP contribution is 2.35. The van der Waals surface area contributed by atoms with E-state index in [9.17, 15) is 13.2 Å². The molecule has 2 rings (SSSR count). The van der Waals surface area contributed by atoms with Crippen molar-refractivity contribution in [2.45, 2.75) is 58.0 Å². The molecule has 4 nitrogen and oxygen atoms in total. The van der Waals surface area contributed by atoms with Crippen molar-refractivity contribution in [1.29, 1.82) is 0 Å². The van der Waals surface area contributed by atoms with Crippen LogP contribution >= 0.6 is 0 Å². The Labute approximate surface area is 140 Å². The molecule has 0 spiro atoms. The number of hydrogen-bond acceptors (Lipinski definition) is 2. The van der Waals surface area contributed by atoms with Gasteiger partial charge in [-0.1, -0.05) is 6.07 Å². The SMILES string of the molecule is CN(C(N)=NCc1ccc(OC(C)(C)C)cc1C(F)(F)F)C1CC1. The maximum atomic E-state index is 13.3. The highest BCUT2D eigenvalue weighted by molar-refractivity contribution is 5.78. The number of rotatable bonds is 4. The fourth-order valence-electron chi connectivity index (χ4n) is 2.30. The van der Waals surface area contributed by atoms with Gasteiger partial charge in [0.2, 0.25) is 0 Å². The minimum absolute atomic E-state index is 0.0795. The molecule has 1 aliphatic carbocycles. The summed E-state index contributed by atoms with van der Waals surface area (Å²) >= 11 is 0. The van der Waals surface area contributed by atoms with Crippen molar-refractivity contribution in [3.8, 4) is 5.75 Å². The molecule has 0 saturated heterocycles. The number of halogens is 3. The van der Waals surface area contributed by atoms with E-state index in [0.29, 0.717) is 6.04 Å². The van der Waals surface area contributed by atoms with E-state index >= 15 is 0 Å². The van der Waals surface area contributed by atoms with Gasteiger partial charge in [0, 0.05) is 13.1 Å². The van der Waals surface area contributed by atoms with Crippen LogP contribution in [0.15, 0.2) is 23.2 Å². The van der Waals surface area contributed by atoms with Crippen molar-refractivity contribution in [3.05, 3.63) is 29.3 Å². The zero-order valence-electron chi connectivity index (χ0n) is 14.4. The number of aliphatic imine (C=N–C) groups is 1. The Morgan fingerprint density at radius 2 is 1.92 bits per heavy atom. The van der Waals surface area contributed by atoms with E-state index in [-0.39, 0.29) is 23.8 Å². The first-order valence-corrected chi connectivity index (χ1v) is 7.89. The van der Waals surface area contributed by atoms with Crippen molar-refractivity contribution in [1.82, 2.24) is 4.90 Å². The summed E-state index contributed by atoms with van der Waals surface area (Å²) in [6, 6.07) is 4.32. The Hall–Kier alpha value is -1.92. The van der Waals surface area contributed by atoms with Crippen LogP contribution in [0, 0.1) is 0 Å². The molecule has 0 atom stereocenters. The van der Waals surface area contributed by atoms with Crippen LogP contribution in [0.25, 0.3) is 0 Å². The molecule has 1 fully saturated rings. The molecule has 0 radical (unpaired) electrons. The first-order chi connectivity index (χ1) is 11.0. The number of hydrogen-bond donors (Lipinski definition) is 1. The average molecular weight is 343 g/mol. The first kappa shape index (κ1) is 18.4. The number of alkyl halides is 3. The van der Waals surface area contributed by atoms with Gasteiger partial charge < -0.3 is 15.4 Å². The minimum Gasteiger partial charge on any atom is -0.488 e. The van der Waals surface area contributed by atoms with Gasteiger partial charge in [-0.05, 0) is 51.3 Å². The highest BCUT2D eigenvalue weighted by atomic mass is 19.4. The van der Waals surface area contributed by atoms with Gasteiger partial charge in [-0.2, -0.15) is 13.2 Å². The molecular weight excluding hydrogens is 319 g/mol. The summed E-state index contributed by atoms with van der Waals surface area (Å²) in [6.45, 7) is 5.24. The molecule has 0 bridgehead atoms. The fraction of sp³-hybridized carbons (Fsp3) is 0.588. The third kappa shape index (κ3) is 5.04. The second-order valence-electron chi connectivity index (χ2n) is 7.05. The second kappa shape index (κ2) is 6.53. The van der Waals surface area contributed by atoms with E-state index in [1.54, 1.807) is 27.8 Å². The summed E-state index contributed by atoms with van der Waals surface area (Å²) in [7, 11) is 1.81. The third-order valence-corrected chi connectivity index (χ3v) is 3.68. The second-order valence-corrected chi connectivity index (χ2v) is 7.05. The Morgan fingerprint density at radius 1 is 1.29 bits per heavy atom. The number of nitrogens with two attached hydrogens (primary N) is 1. The van der Waals surface area contributed by atoms with Crippen LogP contribution in [0.3, 0.4) is 0 Å². The summed E-state index contributed by atoms with van der Waals surface area (Å²) in [5.74, 6) is 0.450. The standard InChI is InChI=1S/C17H24F3N3O/c1-16(2,3)24-13-8-5-11(14(9-13)17(18,19)20)10-22-15(21)23(4)12-6-7-12/h5,8-9,12H,6-7,10H2,1-4H3,(H2,21,22). The van der Waals surface area contributed by atoms with Gasteiger partial charge in [0.1, 0.15) is 11.4 Å². The van der Waals surface area contributed by atoms with Crippen LogP contribution in [0.5, 0.6) is 5.75 Å². The van der Waals surface area contributed by atoms with E-state index < -0.39 is 17.3 Å². The van der Waals surface area contributed by atoms with E-state index in [1.165, 1.54) is 12.1 Å². The molecule has 0 amide bonds. The molecule has 0 aromatic heterocycles. The molecule has 1 aliphatic rings. The van der Waals surface area contributed by atoms with Crippen molar-refractivity contribution in [3.63, 3.8) is 0 Å². The number of ether oxygens (including phenoxy) is 1. The molecule has 0 unspecified atom stereocenters. The quantitative estimate of drug-likeness (QED) is 0.668. The topological polar surface area (TPSA) is 50.8 Å². The lowest BCUT2D eigenvalue weighted by molar-refractivity contribution is -0.138. The van der Waals surface area contributed by atoms with Crippen molar-refractivity contribution in [2.75, 3.05) is 7.05 Å². The van der Waals surface area contributed by atoms with Crippen molar-refractivity contribution >= 4 is 5.96 Å². The van der Waals surface area contributed by atoms with Crippen LogP contribution in [-0.2, 0) is 12.7 Å². The number of guanidine groups is 1. The maximum Gasteiger partial charge on any atom is 0.416 e. The molecule has 24 heavy (non-hydrogen) atoms. The van der Waals surface area contributed by atoms with E-state index in [0.717, 1.165) is 18.9 Å². The van der Waals surface area contributed by atoms with Crippen molar-refractivity contribution in [2.24, 2.45) is 10.7 Å². The predicted octanol–water partition coefficient (Wildman–Crippen LogP) is 3.79. The van der Waals surface area contributed by atoms with E-state index in [2.05, 4.69) is 4.99 Å². The average Bonchev–Trinajstić information content (AvgIpc) is 3.26. The van der Waals surface area contributed by atoms with Gasteiger partial charge in [0.05, 0.1) is 12.1 Å². The number of nitrogens with zero attached hydrogens (tertiary/aromatic N) is 2. The van der Waals surface area contributed by atoms with Crippen LogP contribution in [0.1, 0.15) is 44.7 Å². The monoisotopic (exact) mass is 343 g/mol. The molecule has 7 heteroatoms. The Kier molecular flexibility index (Phi) is 5.01. The van der Waals surface area contributed by atoms with Crippen LogP contribution in [-0.4, -0.2) is 29.6 Å². The van der Waals surface area contributed by atoms with Gasteiger partial charge in [-0.15, -0.1) is 0 Å². The largest absolute Gasteiger partial charge is 0.488 e. The van der Waals surface area contributed by atoms with Crippen LogP contribution in [0.2, 0.25) is 0 Å². The lowest BCUT2D eigenvalue weighted by atomic mass is 10.1. The molecule has 0 aliphatic heterocycles. The number of benzene rings is 1. The molecule has 0 heterocycles. The summed E-state index contributed by atoms with van der Waals surface area (Å²) in [4.78, 5) is 5.92. The van der Waals surface area contributed by atoms with Gasteiger partial charge in [0.15, 0.2) is 5.96 Å². The molecular formula is C17H24F3N3O. The van der Waals surface area contributed by atoms with Gasteiger partial charge in [-0.25, -0.2) is 4.99 Å². The van der Waals surface area contributed by atoms with Gasteiger partial charge >= 0.3 is 6.18 Å². The molecule has 2 N–H and O–H groups in total. The lowest BCUT2D eigenvalue weighted by Crippen LogP contribution is -2.35. The Morgan fingerprint density at radius 3 is 2.42 bits per heavy atom. The molecule has 134 valence electrons. The van der Waals surface area contributed by atoms with Crippen LogP contribution in [0.4, 0.5) is 13.2 Å². The molecule has 1 aromatic rings. The molecule has 1 aromatic carbocycles. The van der Waals surface area contributed by atoms with E-state index in [1.807, 2.05) is 4.90 Å². The fourth-order valence-corrected chi connectivity index (χ4v) is 2.30. The zero-order chi connectivity index (χ0) is 18.1. The first-order valence-electron chi connectivity index (χ1n) is 7.89. The van der Waals surface area contributed by atoms with Crippen LogP contribution < -0.4 is 10.5 Å². The molecule has 1 saturated carbocycles. The Balaban J connectivity index is 2.23. The maximum absolute atomic E-state index is 13.3. The normalized spacial score (nSPS) is 16.2. The summed E-state index contributed by atoms with van der Waals surface area (Å²) in [6.07, 6.45) is -2.39. The van der Waals surface area contributed by atoms with Gasteiger partial charge in [0.25, 0.3) is 0 Å². The summed E-state index contributed by atoms with van der Waals surface area (Å²) < 4.78 is 45.5. The zero-order valence-corrected chi connectivity index (χ0v) is 14.4. The third-order valence-electron chi connectivity index (χ3n) is 3.68. The minimum atomic E-state index is -4.47. The van der Waals surface area contributed by atoms with Gasteiger partial charge in [-0.3, -0.25) is 0 Å². The predicted molar refractivity (Wildman–Crippen MR) is 87.9 cm³/mol. The summed E-state index contributed by atoms with van der Waals surface area (Å²) in [5.41, 5.74) is 4.62. The smallest absolute Gasteiger partial charge is 0.416 e. The van der Waals surface area contributed by atoms with E-state index in [4.69, 9.17) is 10.5 Å². The highest BCUT2D eigenvalue weighted by Gasteiger charge is 2.34. The Bertz CT molecular complexity index is 616. The van der Waals surface area contributed by atoms with Crippen molar-refractivity contribution < 1.29 is 17.9 Å². The summed E-state index contributed by atoms with van der Waals surface area (Å²) in [5, 5.41) is 0. The lowest BCUT2D eigenvalue weighted by Gasteiger charge is -2.23.